The van der Waals surface area contributed by atoms with Crippen molar-refractivity contribution in [2.75, 3.05) is 23.9 Å². The molecular formula is C19H16N2O4. The number of carbonyl (C=O) groups excluding carboxylic acids is 2. The fourth-order valence-electron chi connectivity index (χ4n) is 3.14. The molecule has 0 spiro atoms. The highest BCUT2D eigenvalue weighted by Gasteiger charge is 2.30. The van der Waals surface area contributed by atoms with E-state index in [9.17, 15) is 9.59 Å². The topological polar surface area (TPSA) is 71.8 Å². The smallest absolute Gasteiger partial charge is 0.263 e. The van der Waals surface area contributed by atoms with Crippen LogP contribution in [0.15, 0.2) is 46.9 Å². The minimum atomic E-state index is -0.271. The van der Waals surface area contributed by atoms with Crippen molar-refractivity contribution in [3.05, 3.63) is 53.8 Å². The van der Waals surface area contributed by atoms with E-state index in [0.29, 0.717) is 39.4 Å². The molecule has 1 aliphatic heterocycles. The van der Waals surface area contributed by atoms with E-state index < -0.39 is 0 Å². The van der Waals surface area contributed by atoms with Gasteiger partial charge in [-0.15, -0.1) is 0 Å². The normalized spacial score (nSPS) is 13.5. The molecule has 2 heterocycles. The van der Waals surface area contributed by atoms with Crippen molar-refractivity contribution >= 4 is 34.2 Å². The van der Waals surface area contributed by atoms with Gasteiger partial charge in [-0.3, -0.25) is 14.5 Å². The molecule has 0 bridgehead atoms. The van der Waals surface area contributed by atoms with Gasteiger partial charge in [0.2, 0.25) is 5.91 Å². The van der Waals surface area contributed by atoms with Crippen molar-refractivity contribution < 1.29 is 18.7 Å². The molecule has 126 valence electrons. The molecule has 0 aliphatic carbocycles. The summed E-state index contributed by atoms with van der Waals surface area (Å²) >= 11 is 0. The predicted octanol–water partition coefficient (Wildman–Crippen LogP) is 3.35. The quantitative estimate of drug-likeness (QED) is 0.779. The lowest BCUT2D eigenvalue weighted by Gasteiger charge is -2.29. The average Bonchev–Trinajstić information content (AvgIpc) is 2.95. The van der Waals surface area contributed by atoms with E-state index in [1.54, 1.807) is 38.3 Å². The molecule has 1 aromatic heterocycles. The minimum Gasteiger partial charge on any atom is -0.497 e. The van der Waals surface area contributed by atoms with Crippen LogP contribution >= 0.6 is 0 Å². The second-order valence-electron chi connectivity index (χ2n) is 5.85. The summed E-state index contributed by atoms with van der Waals surface area (Å²) in [7, 11) is 1.57. The second-order valence-corrected chi connectivity index (χ2v) is 5.85. The number of nitrogens with zero attached hydrogens (tertiary/aromatic N) is 1. The van der Waals surface area contributed by atoms with Crippen molar-refractivity contribution in [1.82, 2.24) is 0 Å². The largest absolute Gasteiger partial charge is 0.497 e. The maximum Gasteiger partial charge on any atom is 0.263 e. The first kappa shape index (κ1) is 15.3. The van der Waals surface area contributed by atoms with Gasteiger partial charge in [-0.2, -0.15) is 0 Å². The van der Waals surface area contributed by atoms with E-state index in [-0.39, 0.29) is 18.4 Å². The van der Waals surface area contributed by atoms with Crippen LogP contribution in [0.2, 0.25) is 0 Å². The number of amides is 2. The Morgan fingerprint density at radius 2 is 2.04 bits per heavy atom. The molecule has 6 heteroatoms. The van der Waals surface area contributed by atoms with Crippen LogP contribution in [0, 0.1) is 6.92 Å². The van der Waals surface area contributed by atoms with Crippen molar-refractivity contribution in [1.29, 1.82) is 0 Å². The summed E-state index contributed by atoms with van der Waals surface area (Å²) in [5.41, 5.74) is 2.34. The lowest BCUT2D eigenvalue weighted by molar-refractivity contribution is -0.115. The van der Waals surface area contributed by atoms with E-state index in [0.717, 1.165) is 0 Å². The lowest BCUT2D eigenvalue weighted by Crippen LogP contribution is -2.42. The summed E-state index contributed by atoms with van der Waals surface area (Å²) in [6.07, 6.45) is 0. The third kappa shape index (κ3) is 2.42. The summed E-state index contributed by atoms with van der Waals surface area (Å²) < 4.78 is 11.0. The second kappa shape index (κ2) is 5.66. The summed E-state index contributed by atoms with van der Waals surface area (Å²) in [4.78, 5) is 26.7. The van der Waals surface area contributed by atoms with Gasteiger partial charge in [-0.1, -0.05) is 12.1 Å². The summed E-state index contributed by atoms with van der Waals surface area (Å²) in [6, 6.07) is 12.6. The number of rotatable bonds is 2. The Morgan fingerprint density at radius 3 is 2.84 bits per heavy atom. The standard InChI is InChI=1S/C19H16N2O4/c1-11-18(13-9-12(24-2)7-8-16(13)25-11)19(23)21-10-17(22)20-14-5-3-4-6-15(14)21/h3-9H,10H2,1-2H3,(H,20,22). The average molecular weight is 336 g/mol. The van der Waals surface area contributed by atoms with Gasteiger partial charge < -0.3 is 14.5 Å². The molecule has 0 saturated carbocycles. The van der Waals surface area contributed by atoms with Gasteiger partial charge in [0.15, 0.2) is 0 Å². The van der Waals surface area contributed by atoms with E-state index in [2.05, 4.69) is 5.32 Å². The summed E-state index contributed by atoms with van der Waals surface area (Å²) in [6.45, 7) is 1.71. The predicted molar refractivity (Wildman–Crippen MR) is 94.3 cm³/mol. The number of aryl methyl sites for hydroxylation is 1. The Kier molecular flexibility index (Phi) is 3.46. The monoisotopic (exact) mass is 336 g/mol. The van der Waals surface area contributed by atoms with Crippen molar-refractivity contribution in [3.8, 4) is 5.75 Å². The van der Waals surface area contributed by atoms with Gasteiger partial charge in [0.25, 0.3) is 5.91 Å². The number of nitrogens with one attached hydrogen (secondary N) is 1. The van der Waals surface area contributed by atoms with Crippen LogP contribution < -0.4 is 15.0 Å². The van der Waals surface area contributed by atoms with Gasteiger partial charge in [0.05, 0.1) is 24.0 Å². The highest BCUT2D eigenvalue weighted by Crippen LogP contribution is 2.34. The van der Waals surface area contributed by atoms with Gasteiger partial charge in [-0.25, -0.2) is 0 Å². The first-order valence-corrected chi connectivity index (χ1v) is 7.86. The maximum atomic E-state index is 13.2. The van der Waals surface area contributed by atoms with Crippen LogP contribution in [0.3, 0.4) is 0 Å². The molecule has 1 aliphatic rings. The molecule has 6 nitrogen and oxygen atoms in total. The molecule has 0 fully saturated rings. The SMILES string of the molecule is COc1ccc2oc(C)c(C(=O)N3CC(=O)Nc4ccccc43)c2c1. The molecule has 25 heavy (non-hydrogen) atoms. The number of anilines is 2. The molecular weight excluding hydrogens is 320 g/mol. The highest BCUT2D eigenvalue weighted by molar-refractivity contribution is 6.19. The number of methoxy groups -OCH3 is 1. The zero-order valence-electron chi connectivity index (χ0n) is 13.8. The van der Waals surface area contributed by atoms with Gasteiger partial charge in [0.1, 0.15) is 23.6 Å². The summed E-state index contributed by atoms with van der Waals surface area (Å²) in [5, 5.41) is 3.46. The molecule has 0 atom stereocenters. The van der Waals surface area contributed by atoms with Crippen molar-refractivity contribution in [2.24, 2.45) is 0 Å². The Hall–Kier alpha value is -3.28. The van der Waals surface area contributed by atoms with Crippen molar-refractivity contribution in [2.45, 2.75) is 6.92 Å². The first-order valence-electron chi connectivity index (χ1n) is 7.86. The fraction of sp³-hybridized carbons (Fsp3) is 0.158. The molecule has 0 saturated heterocycles. The molecule has 1 N–H and O–H groups in total. The van der Waals surface area contributed by atoms with Crippen LogP contribution in [0.1, 0.15) is 16.1 Å². The molecule has 0 radical (unpaired) electrons. The van der Waals surface area contributed by atoms with E-state index in [4.69, 9.17) is 9.15 Å². The summed E-state index contributed by atoms with van der Waals surface area (Å²) in [5.74, 6) is 0.651. The van der Waals surface area contributed by atoms with E-state index in [1.807, 2.05) is 18.2 Å². The van der Waals surface area contributed by atoms with Gasteiger partial charge in [0, 0.05) is 5.39 Å². The molecule has 3 aromatic rings. The Balaban J connectivity index is 1.86. The van der Waals surface area contributed by atoms with Gasteiger partial charge in [-0.05, 0) is 37.3 Å². The number of benzene rings is 2. The zero-order valence-corrected chi connectivity index (χ0v) is 13.8. The number of para-hydroxylation sites is 2. The van der Waals surface area contributed by atoms with Crippen LogP contribution in [0.25, 0.3) is 11.0 Å². The number of furan rings is 1. The van der Waals surface area contributed by atoms with Crippen LogP contribution in [-0.2, 0) is 4.79 Å². The van der Waals surface area contributed by atoms with E-state index >= 15 is 0 Å². The maximum absolute atomic E-state index is 13.2. The number of hydrogen-bond acceptors (Lipinski definition) is 4. The first-order chi connectivity index (χ1) is 12.1. The van der Waals surface area contributed by atoms with E-state index in [1.165, 1.54) is 4.90 Å². The third-order valence-corrected chi connectivity index (χ3v) is 4.30. The Bertz CT molecular complexity index is 1010. The number of fused-ring (bicyclic) bond motifs is 2. The number of hydrogen-bond donors (Lipinski definition) is 1. The fourth-order valence-corrected chi connectivity index (χ4v) is 3.14. The minimum absolute atomic E-state index is 0.0358. The van der Waals surface area contributed by atoms with Crippen LogP contribution in [0.5, 0.6) is 5.75 Å². The number of ether oxygens (including phenoxy) is 1. The lowest BCUT2D eigenvalue weighted by atomic mass is 10.1. The molecule has 2 amide bonds. The third-order valence-electron chi connectivity index (χ3n) is 4.30. The van der Waals surface area contributed by atoms with Crippen LogP contribution in [-0.4, -0.2) is 25.5 Å². The van der Waals surface area contributed by atoms with Crippen molar-refractivity contribution in [3.63, 3.8) is 0 Å². The van der Waals surface area contributed by atoms with Crippen LogP contribution in [0.4, 0.5) is 11.4 Å². The Labute approximate surface area is 144 Å². The Morgan fingerprint density at radius 1 is 1.24 bits per heavy atom. The molecule has 2 aromatic carbocycles. The number of carbonyl (C=O) groups is 2. The zero-order chi connectivity index (χ0) is 17.6. The molecule has 0 unspecified atom stereocenters. The highest BCUT2D eigenvalue weighted by atomic mass is 16.5. The molecule has 4 rings (SSSR count). The van der Waals surface area contributed by atoms with Gasteiger partial charge >= 0.3 is 0 Å².